The molecule has 1 saturated carbocycles. The van der Waals surface area contributed by atoms with Crippen LogP contribution < -0.4 is 4.74 Å². The number of ketones is 1. The number of carbonyl (C=O) groups is 1. The molecule has 4 heteroatoms. The number of ether oxygens (including phenoxy) is 1. The Morgan fingerprint density at radius 1 is 1.53 bits per heavy atom. The molecule has 0 atom stereocenters. The SMILES string of the molecule is CC(=O)Cc1cc(F)cc(Br)c1OCC1CC1. The van der Waals surface area contributed by atoms with Gasteiger partial charge < -0.3 is 4.74 Å². The molecule has 1 aromatic carbocycles. The molecule has 0 N–H and O–H groups in total. The number of carbonyl (C=O) groups excluding carboxylic acids is 1. The van der Waals surface area contributed by atoms with Crippen molar-refractivity contribution in [1.82, 2.24) is 0 Å². The van der Waals surface area contributed by atoms with Crippen LogP contribution in [0.2, 0.25) is 0 Å². The summed E-state index contributed by atoms with van der Waals surface area (Å²) in [6.07, 6.45) is 2.60. The zero-order chi connectivity index (χ0) is 12.4. The fourth-order valence-electron chi connectivity index (χ4n) is 1.66. The third kappa shape index (κ3) is 3.53. The summed E-state index contributed by atoms with van der Waals surface area (Å²) in [5.74, 6) is 0.872. The highest BCUT2D eigenvalue weighted by molar-refractivity contribution is 9.10. The molecule has 0 spiro atoms. The van der Waals surface area contributed by atoms with Crippen LogP contribution in [0.15, 0.2) is 16.6 Å². The van der Waals surface area contributed by atoms with Crippen LogP contribution in [0.3, 0.4) is 0 Å². The van der Waals surface area contributed by atoms with E-state index in [-0.39, 0.29) is 18.0 Å². The first-order valence-corrected chi connectivity index (χ1v) is 6.45. The summed E-state index contributed by atoms with van der Waals surface area (Å²) in [6, 6.07) is 2.74. The van der Waals surface area contributed by atoms with E-state index in [0.717, 1.165) is 0 Å². The van der Waals surface area contributed by atoms with Crippen LogP contribution in [0, 0.1) is 11.7 Å². The monoisotopic (exact) mass is 300 g/mol. The molecule has 1 aromatic rings. The third-order valence-corrected chi connectivity index (χ3v) is 3.27. The van der Waals surface area contributed by atoms with Crippen molar-refractivity contribution >= 4 is 21.7 Å². The summed E-state index contributed by atoms with van der Waals surface area (Å²) < 4.78 is 19.5. The highest BCUT2D eigenvalue weighted by Crippen LogP contribution is 2.34. The molecule has 17 heavy (non-hydrogen) atoms. The van der Waals surface area contributed by atoms with Crippen LogP contribution in [0.1, 0.15) is 25.3 Å². The van der Waals surface area contributed by atoms with Gasteiger partial charge >= 0.3 is 0 Å². The molecule has 0 aromatic heterocycles. The van der Waals surface area contributed by atoms with Gasteiger partial charge in [-0.3, -0.25) is 4.79 Å². The van der Waals surface area contributed by atoms with Crippen molar-refractivity contribution in [3.8, 4) is 5.75 Å². The van der Waals surface area contributed by atoms with Crippen molar-refractivity contribution in [3.05, 3.63) is 28.0 Å². The molecule has 1 fully saturated rings. The van der Waals surface area contributed by atoms with Crippen LogP contribution in [0.25, 0.3) is 0 Å². The molecule has 0 aliphatic heterocycles. The minimum Gasteiger partial charge on any atom is -0.492 e. The maximum Gasteiger partial charge on any atom is 0.137 e. The van der Waals surface area contributed by atoms with Gasteiger partial charge in [-0.2, -0.15) is 0 Å². The molecular weight excluding hydrogens is 287 g/mol. The second-order valence-corrected chi connectivity index (χ2v) is 5.36. The fraction of sp³-hybridized carbons (Fsp3) is 0.462. The largest absolute Gasteiger partial charge is 0.492 e. The first-order chi connectivity index (χ1) is 8.06. The normalized spacial score (nSPS) is 14.8. The van der Waals surface area contributed by atoms with E-state index in [0.29, 0.717) is 28.3 Å². The van der Waals surface area contributed by atoms with Gasteiger partial charge in [0.05, 0.1) is 11.1 Å². The van der Waals surface area contributed by atoms with Gasteiger partial charge in [0, 0.05) is 12.0 Å². The van der Waals surface area contributed by atoms with Crippen molar-refractivity contribution in [3.63, 3.8) is 0 Å². The molecule has 2 nitrogen and oxygen atoms in total. The topological polar surface area (TPSA) is 26.3 Å². The van der Waals surface area contributed by atoms with Crippen molar-refractivity contribution in [2.75, 3.05) is 6.61 Å². The zero-order valence-corrected chi connectivity index (χ0v) is 11.2. The number of hydrogen-bond acceptors (Lipinski definition) is 2. The van der Waals surface area contributed by atoms with E-state index in [2.05, 4.69) is 15.9 Å². The van der Waals surface area contributed by atoms with E-state index in [9.17, 15) is 9.18 Å². The number of Topliss-reactive ketones (excluding diaryl/α,β-unsaturated/α-hetero) is 1. The quantitative estimate of drug-likeness (QED) is 0.832. The number of hydrogen-bond donors (Lipinski definition) is 0. The summed E-state index contributed by atoms with van der Waals surface area (Å²) >= 11 is 3.28. The van der Waals surface area contributed by atoms with Crippen LogP contribution in [-0.4, -0.2) is 12.4 Å². The molecule has 0 unspecified atom stereocenters. The highest BCUT2D eigenvalue weighted by atomic mass is 79.9. The summed E-state index contributed by atoms with van der Waals surface area (Å²) in [7, 11) is 0. The second kappa shape index (κ2) is 5.17. The predicted octanol–water partition coefficient (Wildman–Crippen LogP) is 3.51. The third-order valence-electron chi connectivity index (χ3n) is 2.68. The maximum atomic E-state index is 13.3. The van der Waals surface area contributed by atoms with E-state index in [4.69, 9.17) is 4.74 Å². The Bertz CT molecular complexity index is 441. The Hall–Kier alpha value is -0.900. The van der Waals surface area contributed by atoms with Crippen molar-refractivity contribution in [2.24, 2.45) is 5.92 Å². The Kier molecular flexibility index (Phi) is 3.82. The van der Waals surface area contributed by atoms with Gasteiger partial charge in [-0.15, -0.1) is 0 Å². The van der Waals surface area contributed by atoms with E-state index in [1.54, 1.807) is 0 Å². The molecule has 1 aliphatic rings. The smallest absolute Gasteiger partial charge is 0.137 e. The zero-order valence-electron chi connectivity index (χ0n) is 9.63. The van der Waals surface area contributed by atoms with E-state index >= 15 is 0 Å². The highest BCUT2D eigenvalue weighted by Gasteiger charge is 2.23. The minimum absolute atomic E-state index is 0.00114. The Morgan fingerprint density at radius 2 is 2.24 bits per heavy atom. The molecule has 0 radical (unpaired) electrons. The fourth-order valence-corrected chi connectivity index (χ4v) is 2.25. The summed E-state index contributed by atoms with van der Waals surface area (Å²) in [5, 5.41) is 0. The molecule has 92 valence electrons. The summed E-state index contributed by atoms with van der Waals surface area (Å²) in [6.45, 7) is 2.14. The van der Waals surface area contributed by atoms with E-state index in [1.165, 1.54) is 31.9 Å². The lowest BCUT2D eigenvalue weighted by atomic mass is 10.1. The Morgan fingerprint density at radius 3 is 2.82 bits per heavy atom. The van der Waals surface area contributed by atoms with Gasteiger partial charge in [-0.25, -0.2) is 4.39 Å². The standard InChI is InChI=1S/C13H14BrFO2/c1-8(16)4-10-5-11(15)6-12(14)13(10)17-7-9-2-3-9/h5-6,9H,2-4,7H2,1H3. The second-order valence-electron chi connectivity index (χ2n) is 4.51. The predicted molar refractivity (Wildman–Crippen MR) is 66.7 cm³/mol. The van der Waals surface area contributed by atoms with Crippen LogP contribution in [0.5, 0.6) is 5.75 Å². The van der Waals surface area contributed by atoms with Gasteiger partial charge in [-0.1, -0.05) is 0 Å². The lowest BCUT2D eigenvalue weighted by Crippen LogP contribution is -2.06. The van der Waals surface area contributed by atoms with Crippen LogP contribution in [-0.2, 0) is 11.2 Å². The number of benzene rings is 1. The minimum atomic E-state index is -0.355. The summed E-state index contributed by atoms with van der Waals surface area (Å²) in [5.41, 5.74) is 0.616. The van der Waals surface area contributed by atoms with Gasteiger partial charge in [0.25, 0.3) is 0 Å². The molecule has 0 amide bonds. The molecular formula is C13H14BrFO2. The van der Waals surface area contributed by atoms with Crippen LogP contribution >= 0.6 is 15.9 Å². The van der Waals surface area contributed by atoms with Gasteiger partial charge in [0.15, 0.2) is 0 Å². The van der Waals surface area contributed by atoms with Crippen molar-refractivity contribution in [2.45, 2.75) is 26.2 Å². The summed E-state index contributed by atoms with van der Waals surface area (Å²) in [4.78, 5) is 11.1. The lowest BCUT2D eigenvalue weighted by Gasteiger charge is -2.12. The first kappa shape index (κ1) is 12.6. The van der Waals surface area contributed by atoms with Gasteiger partial charge in [0.1, 0.15) is 17.3 Å². The molecule has 2 rings (SSSR count). The molecule has 0 heterocycles. The van der Waals surface area contributed by atoms with Crippen LogP contribution in [0.4, 0.5) is 4.39 Å². The Balaban J connectivity index is 2.21. The van der Waals surface area contributed by atoms with Crippen molar-refractivity contribution < 1.29 is 13.9 Å². The number of rotatable bonds is 5. The maximum absolute atomic E-state index is 13.3. The first-order valence-electron chi connectivity index (χ1n) is 5.66. The molecule has 0 saturated heterocycles. The van der Waals surface area contributed by atoms with Gasteiger partial charge in [-0.05, 0) is 53.7 Å². The van der Waals surface area contributed by atoms with E-state index in [1.807, 2.05) is 0 Å². The average Bonchev–Trinajstić information content (AvgIpc) is 2.98. The molecule has 1 aliphatic carbocycles. The lowest BCUT2D eigenvalue weighted by molar-refractivity contribution is -0.116. The van der Waals surface area contributed by atoms with E-state index < -0.39 is 0 Å². The van der Waals surface area contributed by atoms with Crippen molar-refractivity contribution in [1.29, 1.82) is 0 Å². The van der Waals surface area contributed by atoms with Gasteiger partial charge in [0.2, 0.25) is 0 Å². The molecule has 0 bridgehead atoms. The Labute approximate surface area is 108 Å². The average molecular weight is 301 g/mol. The number of halogens is 2.